The van der Waals surface area contributed by atoms with Crippen LogP contribution in [0.25, 0.3) is 0 Å². The fraction of sp³-hybridized carbons (Fsp3) is 0.421. The standard InChI is InChI=1S/C19H22ClN3O3S3/c20-15-1-3-16(4-2-15)21-6-8-22(9-7-21)19(24)18-17(5-12-28-18)29(25,26)23-10-13-27-14-11-23/h1-5,12H,6-11,13-14H2. The number of halogens is 1. The van der Waals surface area contributed by atoms with E-state index in [9.17, 15) is 13.2 Å². The van der Waals surface area contributed by atoms with Gasteiger partial charge in [-0.3, -0.25) is 4.79 Å². The molecule has 2 aliphatic rings. The maximum atomic E-state index is 13.1. The van der Waals surface area contributed by atoms with Crippen molar-refractivity contribution in [2.45, 2.75) is 4.90 Å². The van der Waals surface area contributed by atoms with Gasteiger partial charge in [-0.05, 0) is 35.7 Å². The van der Waals surface area contributed by atoms with Crippen molar-refractivity contribution in [3.8, 4) is 0 Å². The molecule has 0 N–H and O–H groups in total. The first-order valence-corrected chi connectivity index (χ1v) is 13.3. The van der Waals surface area contributed by atoms with Gasteiger partial charge in [0.25, 0.3) is 5.91 Å². The summed E-state index contributed by atoms with van der Waals surface area (Å²) in [5.41, 5.74) is 1.07. The normalized spacial score (nSPS) is 18.8. The molecule has 6 nitrogen and oxygen atoms in total. The number of amides is 1. The van der Waals surface area contributed by atoms with Crippen molar-refractivity contribution >= 4 is 56.3 Å². The first-order valence-electron chi connectivity index (χ1n) is 9.42. The van der Waals surface area contributed by atoms with Crippen LogP contribution in [0.5, 0.6) is 0 Å². The van der Waals surface area contributed by atoms with E-state index >= 15 is 0 Å². The van der Waals surface area contributed by atoms with Crippen molar-refractivity contribution in [2.24, 2.45) is 0 Å². The maximum Gasteiger partial charge on any atom is 0.265 e. The van der Waals surface area contributed by atoms with E-state index in [4.69, 9.17) is 11.6 Å². The van der Waals surface area contributed by atoms with E-state index < -0.39 is 10.0 Å². The van der Waals surface area contributed by atoms with Crippen LogP contribution in [0.15, 0.2) is 40.6 Å². The highest BCUT2D eigenvalue weighted by Gasteiger charge is 2.33. The number of piperazine rings is 1. The lowest BCUT2D eigenvalue weighted by Crippen LogP contribution is -2.49. The minimum atomic E-state index is -3.63. The number of carbonyl (C=O) groups excluding carboxylic acids is 1. The Morgan fingerprint density at radius 3 is 2.24 bits per heavy atom. The first-order chi connectivity index (χ1) is 14.0. The molecule has 0 spiro atoms. The van der Waals surface area contributed by atoms with Crippen molar-refractivity contribution in [1.29, 1.82) is 0 Å². The second-order valence-corrected chi connectivity index (χ2v) is 11.4. The Bertz CT molecular complexity index is 964. The first kappa shape index (κ1) is 21.0. The Hall–Kier alpha value is -1.26. The third kappa shape index (κ3) is 4.44. The van der Waals surface area contributed by atoms with E-state index in [0.29, 0.717) is 49.2 Å². The molecule has 2 fully saturated rings. The number of thioether (sulfide) groups is 1. The summed E-state index contributed by atoms with van der Waals surface area (Å²) in [4.78, 5) is 17.5. The van der Waals surface area contributed by atoms with Crippen molar-refractivity contribution in [2.75, 3.05) is 55.7 Å². The average molecular weight is 472 g/mol. The summed E-state index contributed by atoms with van der Waals surface area (Å²) < 4.78 is 27.6. The van der Waals surface area contributed by atoms with E-state index in [1.807, 2.05) is 24.3 Å². The Balaban J connectivity index is 1.46. The fourth-order valence-electron chi connectivity index (χ4n) is 3.55. The van der Waals surface area contributed by atoms with Gasteiger partial charge in [-0.2, -0.15) is 16.1 Å². The summed E-state index contributed by atoms with van der Waals surface area (Å²) in [6.07, 6.45) is 0. The van der Waals surface area contributed by atoms with Crippen molar-refractivity contribution < 1.29 is 13.2 Å². The van der Waals surface area contributed by atoms with Gasteiger partial charge < -0.3 is 9.80 Å². The quantitative estimate of drug-likeness (QED) is 0.685. The van der Waals surface area contributed by atoms with Crippen LogP contribution in [0, 0.1) is 0 Å². The average Bonchev–Trinajstić information content (AvgIpc) is 3.25. The van der Waals surface area contributed by atoms with E-state index in [0.717, 1.165) is 17.2 Å². The zero-order chi connectivity index (χ0) is 20.4. The molecule has 0 unspecified atom stereocenters. The molecule has 2 aliphatic heterocycles. The number of hydrogen-bond acceptors (Lipinski definition) is 6. The van der Waals surface area contributed by atoms with E-state index in [1.165, 1.54) is 15.6 Å². The molecule has 2 aromatic rings. The number of hydrogen-bond donors (Lipinski definition) is 0. The second kappa shape index (κ2) is 8.85. The van der Waals surface area contributed by atoms with Crippen LogP contribution in [0.4, 0.5) is 5.69 Å². The molecule has 3 heterocycles. The molecule has 0 aliphatic carbocycles. The zero-order valence-electron chi connectivity index (χ0n) is 15.8. The molecule has 1 amide bonds. The minimum absolute atomic E-state index is 0.152. The number of nitrogens with zero attached hydrogens (tertiary/aromatic N) is 3. The largest absolute Gasteiger partial charge is 0.368 e. The van der Waals surface area contributed by atoms with Crippen LogP contribution in [0.2, 0.25) is 5.02 Å². The smallest absolute Gasteiger partial charge is 0.265 e. The van der Waals surface area contributed by atoms with Gasteiger partial charge in [-0.1, -0.05) is 11.6 Å². The van der Waals surface area contributed by atoms with Crippen LogP contribution in [-0.2, 0) is 10.0 Å². The molecule has 4 rings (SSSR count). The second-order valence-electron chi connectivity index (χ2n) is 6.89. The predicted molar refractivity (Wildman–Crippen MR) is 120 cm³/mol. The molecular formula is C19H22ClN3O3S3. The van der Waals surface area contributed by atoms with Gasteiger partial charge in [0.05, 0.1) is 0 Å². The topological polar surface area (TPSA) is 60.9 Å². The van der Waals surface area contributed by atoms with Crippen LogP contribution in [-0.4, -0.2) is 74.3 Å². The molecule has 2 saturated heterocycles. The van der Waals surface area contributed by atoms with Gasteiger partial charge in [0.2, 0.25) is 10.0 Å². The third-order valence-corrected chi connectivity index (χ3v) is 9.34. The number of sulfonamides is 1. The summed E-state index contributed by atoms with van der Waals surface area (Å²) in [5.74, 6) is 1.39. The van der Waals surface area contributed by atoms with Crippen LogP contribution < -0.4 is 4.90 Å². The molecule has 1 aromatic heterocycles. The van der Waals surface area contributed by atoms with Gasteiger partial charge in [0, 0.05) is 61.5 Å². The number of benzene rings is 1. The summed E-state index contributed by atoms with van der Waals surface area (Å²) in [5, 5.41) is 2.39. The Kier molecular flexibility index (Phi) is 6.41. The Labute approximate surface area is 184 Å². The minimum Gasteiger partial charge on any atom is -0.368 e. The summed E-state index contributed by atoms with van der Waals surface area (Å²) >= 11 is 8.92. The zero-order valence-corrected chi connectivity index (χ0v) is 19.0. The molecule has 0 saturated carbocycles. The van der Waals surface area contributed by atoms with Crippen LogP contribution >= 0.6 is 34.7 Å². The van der Waals surface area contributed by atoms with Gasteiger partial charge in [0.15, 0.2) is 0 Å². The summed E-state index contributed by atoms with van der Waals surface area (Å²) in [7, 11) is -3.63. The Morgan fingerprint density at radius 1 is 0.931 bits per heavy atom. The van der Waals surface area contributed by atoms with Crippen LogP contribution in [0.3, 0.4) is 0 Å². The summed E-state index contributed by atoms with van der Waals surface area (Å²) in [6.45, 7) is 3.50. The van der Waals surface area contributed by atoms with Gasteiger partial charge >= 0.3 is 0 Å². The molecule has 0 radical (unpaired) electrons. The molecule has 0 atom stereocenters. The molecule has 29 heavy (non-hydrogen) atoms. The lowest BCUT2D eigenvalue weighted by Gasteiger charge is -2.36. The predicted octanol–water partition coefficient (Wildman–Crippen LogP) is 3.10. The monoisotopic (exact) mass is 471 g/mol. The molecule has 10 heteroatoms. The SMILES string of the molecule is O=C(c1sccc1S(=O)(=O)N1CCSCC1)N1CCN(c2ccc(Cl)cc2)CC1. The number of rotatable bonds is 4. The van der Waals surface area contributed by atoms with E-state index in [1.54, 1.807) is 28.1 Å². The molecule has 0 bridgehead atoms. The molecule has 1 aromatic carbocycles. The van der Waals surface area contributed by atoms with E-state index in [-0.39, 0.29) is 10.8 Å². The summed E-state index contributed by atoms with van der Waals surface area (Å²) in [6, 6.07) is 9.23. The molecular weight excluding hydrogens is 450 g/mol. The van der Waals surface area contributed by atoms with E-state index in [2.05, 4.69) is 4.90 Å². The van der Waals surface area contributed by atoms with Crippen molar-refractivity contribution in [3.63, 3.8) is 0 Å². The van der Waals surface area contributed by atoms with Gasteiger partial charge in [-0.15, -0.1) is 11.3 Å². The van der Waals surface area contributed by atoms with Gasteiger partial charge in [-0.25, -0.2) is 8.42 Å². The van der Waals surface area contributed by atoms with Crippen LogP contribution in [0.1, 0.15) is 9.67 Å². The highest BCUT2D eigenvalue weighted by atomic mass is 35.5. The number of thiophene rings is 1. The maximum absolute atomic E-state index is 13.1. The van der Waals surface area contributed by atoms with Crippen molar-refractivity contribution in [3.05, 3.63) is 45.6 Å². The Morgan fingerprint density at radius 2 is 1.59 bits per heavy atom. The highest BCUT2D eigenvalue weighted by Crippen LogP contribution is 2.29. The lowest BCUT2D eigenvalue weighted by molar-refractivity contribution is 0.0748. The third-order valence-electron chi connectivity index (χ3n) is 5.17. The lowest BCUT2D eigenvalue weighted by atomic mass is 10.2. The molecule has 156 valence electrons. The highest BCUT2D eigenvalue weighted by molar-refractivity contribution is 7.99. The fourth-order valence-corrected chi connectivity index (χ4v) is 7.61. The number of anilines is 1. The number of carbonyl (C=O) groups is 1. The van der Waals surface area contributed by atoms with Crippen molar-refractivity contribution in [1.82, 2.24) is 9.21 Å². The van der Waals surface area contributed by atoms with Gasteiger partial charge in [0.1, 0.15) is 9.77 Å².